The molecule has 242 valence electrons. The van der Waals surface area contributed by atoms with E-state index in [0.29, 0.717) is 79.7 Å². The van der Waals surface area contributed by atoms with E-state index in [1.165, 1.54) is 12.4 Å². The Kier molecular flexibility index (Phi) is 9.99. The number of rotatable bonds is 12. The van der Waals surface area contributed by atoms with Gasteiger partial charge in [0.1, 0.15) is 36.9 Å². The van der Waals surface area contributed by atoms with Crippen LogP contribution in [0.1, 0.15) is 17.1 Å². The number of imidazole rings is 1. The number of aryl methyl sites for hydroxylation is 1. The molecule has 2 aromatic carbocycles. The number of benzene rings is 2. The summed E-state index contributed by atoms with van der Waals surface area (Å²) in [4.78, 5) is 40.8. The van der Waals surface area contributed by atoms with E-state index in [0.717, 1.165) is 5.56 Å². The van der Waals surface area contributed by atoms with Crippen molar-refractivity contribution in [1.82, 2.24) is 24.5 Å². The van der Waals surface area contributed by atoms with Crippen LogP contribution in [-0.2, 0) is 25.0 Å². The van der Waals surface area contributed by atoms with Gasteiger partial charge in [-0.05, 0) is 57.9 Å². The number of amides is 1. The molecular weight excluding hydrogens is 645 g/mol. The Morgan fingerprint density at radius 2 is 1.94 bits per heavy atom. The first-order chi connectivity index (χ1) is 22.4. The van der Waals surface area contributed by atoms with Gasteiger partial charge in [-0.15, -0.1) is 0 Å². The Morgan fingerprint density at radius 1 is 1.13 bits per heavy atom. The van der Waals surface area contributed by atoms with Gasteiger partial charge in [0, 0.05) is 36.1 Å². The van der Waals surface area contributed by atoms with Crippen molar-refractivity contribution in [1.29, 1.82) is 0 Å². The fraction of sp³-hybridized carbons (Fsp3) is 0.219. The average Bonchev–Trinajstić information content (AvgIpc) is 3.29. The van der Waals surface area contributed by atoms with Crippen LogP contribution in [0.3, 0.4) is 0 Å². The second-order valence-electron chi connectivity index (χ2n) is 11.4. The molecule has 15 heteroatoms. The molecule has 2 N–H and O–H groups in total. The zero-order valence-corrected chi connectivity index (χ0v) is 27.6. The molecule has 0 atom stereocenters. The lowest BCUT2D eigenvalue weighted by molar-refractivity contribution is -0.898. The molecule has 47 heavy (non-hydrogen) atoms. The maximum atomic E-state index is 12.8. The number of ether oxygens (including phenoxy) is 1. The Bertz CT molecular complexity index is 2000. The largest absolute Gasteiger partial charge is 0.487 e. The lowest BCUT2D eigenvalue weighted by Crippen LogP contribution is -2.39. The normalized spacial score (nSPS) is 11.6. The van der Waals surface area contributed by atoms with E-state index in [4.69, 9.17) is 27.9 Å². The Labute approximate surface area is 280 Å². The molecule has 3 aromatic heterocycles. The maximum Gasteiger partial charge on any atom is 0.391 e. The molecule has 0 aliphatic carbocycles. The Hall–Kier alpha value is -5.11. The number of nitrogens with zero attached hydrogens (tertiary/aromatic N) is 7. The number of aromatic nitrogens is 5. The highest BCUT2D eigenvalue weighted by Crippen LogP contribution is 2.31. The number of carbonyl (C=O) groups is 1. The van der Waals surface area contributed by atoms with Gasteiger partial charge in [-0.1, -0.05) is 35.3 Å². The summed E-state index contributed by atoms with van der Waals surface area (Å²) >= 11 is 12.6. The molecule has 13 nitrogen and oxygen atoms in total. The number of hydrogen-bond acceptors (Lipinski definition) is 9. The Balaban J connectivity index is 1.23. The zero-order valence-electron chi connectivity index (χ0n) is 26.1. The molecule has 0 fully saturated rings. The molecule has 5 rings (SSSR count). The number of likely N-dealkylation sites (N-methyl/N-ethyl adjacent to an activating group) is 1. The van der Waals surface area contributed by atoms with Crippen molar-refractivity contribution in [2.75, 3.05) is 31.3 Å². The molecule has 0 bridgehead atoms. The highest BCUT2D eigenvalue weighted by molar-refractivity contribution is 6.32. The first-order valence-electron chi connectivity index (χ1n) is 14.4. The zero-order chi connectivity index (χ0) is 33.7. The van der Waals surface area contributed by atoms with Crippen molar-refractivity contribution >= 4 is 63.2 Å². The van der Waals surface area contributed by atoms with Gasteiger partial charge in [0.05, 0.1) is 37.4 Å². The molecule has 0 aliphatic rings. The van der Waals surface area contributed by atoms with E-state index < -0.39 is 4.92 Å². The van der Waals surface area contributed by atoms with Gasteiger partial charge in [-0.3, -0.25) is 4.79 Å². The molecular formula is C32H32Cl2N9O4+. The van der Waals surface area contributed by atoms with Crippen molar-refractivity contribution in [3.63, 3.8) is 0 Å². The van der Waals surface area contributed by atoms with Crippen molar-refractivity contribution in [3.05, 3.63) is 110 Å². The molecule has 0 spiro atoms. The summed E-state index contributed by atoms with van der Waals surface area (Å²) < 4.78 is 7.95. The number of nitrogens with one attached hydrogen (secondary N) is 2. The minimum absolute atomic E-state index is 0.155. The van der Waals surface area contributed by atoms with Gasteiger partial charge in [-0.2, -0.15) is 0 Å². The summed E-state index contributed by atoms with van der Waals surface area (Å²) in [5.74, 6) is 1.34. The topological polar surface area (TPSA) is 150 Å². The molecule has 0 saturated carbocycles. The summed E-state index contributed by atoms with van der Waals surface area (Å²) in [6.07, 6.45) is 6.09. The van der Waals surface area contributed by atoms with Gasteiger partial charge in [0.25, 0.3) is 0 Å². The molecule has 0 saturated heterocycles. The predicted octanol–water partition coefficient (Wildman–Crippen LogP) is 6.38. The number of carbonyl (C=O) groups excluding carboxylic acids is 1. The smallest absolute Gasteiger partial charge is 0.391 e. The molecule has 3 heterocycles. The van der Waals surface area contributed by atoms with Crippen molar-refractivity contribution in [2.45, 2.75) is 20.1 Å². The molecule has 1 amide bonds. The van der Waals surface area contributed by atoms with Gasteiger partial charge in [0.15, 0.2) is 5.69 Å². The monoisotopic (exact) mass is 676 g/mol. The van der Waals surface area contributed by atoms with E-state index in [1.54, 1.807) is 55.1 Å². The van der Waals surface area contributed by atoms with Gasteiger partial charge >= 0.3 is 5.82 Å². The third-order valence-electron chi connectivity index (χ3n) is 7.29. The number of fused-ring (bicyclic) bond motifs is 1. The second-order valence-corrected chi connectivity index (χ2v) is 12.3. The van der Waals surface area contributed by atoms with E-state index in [2.05, 4.69) is 30.6 Å². The van der Waals surface area contributed by atoms with Gasteiger partial charge < -0.3 is 34.5 Å². The maximum absolute atomic E-state index is 12.8. The molecule has 5 aromatic rings. The SMILES string of the molecule is Cc1nc([N+](=O)[O-])c(C[N+](C)(C)C/C=C/C(=O)Nc2cc3c(Nc4ccc(OCc5cccc(Cl)c5)c(Cl)c4)ncnc3cn2)n1C. The number of anilines is 3. The number of nitro groups is 1. The third-order valence-corrected chi connectivity index (χ3v) is 7.82. The number of quaternary nitrogens is 1. The lowest BCUT2D eigenvalue weighted by Gasteiger charge is -2.28. The van der Waals surface area contributed by atoms with Crippen molar-refractivity contribution in [3.8, 4) is 5.75 Å². The second kappa shape index (κ2) is 14.1. The fourth-order valence-corrected chi connectivity index (χ4v) is 5.24. The number of hydrogen-bond donors (Lipinski definition) is 2. The Morgan fingerprint density at radius 3 is 2.68 bits per heavy atom. The molecule has 0 aliphatic heterocycles. The summed E-state index contributed by atoms with van der Waals surface area (Å²) in [6, 6.07) is 14.4. The quantitative estimate of drug-likeness (QED) is 0.0664. The summed E-state index contributed by atoms with van der Waals surface area (Å²) in [5.41, 5.74) is 2.68. The first kappa shape index (κ1) is 33.3. The summed E-state index contributed by atoms with van der Waals surface area (Å²) in [7, 11) is 5.59. The minimum Gasteiger partial charge on any atom is -0.487 e. The van der Waals surface area contributed by atoms with Crippen LogP contribution in [0.4, 0.5) is 23.1 Å². The highest BCUT2D eigenvalue weighted by atomic mass is 35.5. The van der Waals surface area contributed by atoms with Crippen LogP contribution in [0, 0.1) is 17.0 Å². The van der Waals surface area contributed by atoms with Crippen molar-refractivity contribution in [2.24, 2.45) is 7.05 Å². The lowest BCUT2D eigenvalue weighted by atomic mass is 10.2. The van der Waals surface area contributed by atoms with Crippen LogP contribution >= 0.6 is 23.2 Å². The van der Waals surface area contributed by atoms with E-state index in [1.807, 2.05) is 38.4 Å². The first-order valence-corrected chi connectivity index (χ1v) is 15.1. The van der Waals surface area contributed by atoms with E-state index >= 15 is 0 Å². The molecule has 0 unspecified atom stereocenters. The van der Waals surface area contributed by atoms with Crippen LogP contribution < -0.4 is 15.4 Å². The third kappa shape index (κ3) is 8.38. The van der Waals surface area contributed by atoms with E-state index in [-0.39, 0.29) is 11.7 Å². The van der Waals surface area contributed by atoms with E-state index in [9.17, 15) is 14.9 Å². The van der Waals surface area contributed by atoms with Crippen LogP contribution in [0.5, 0.6) is 5.75 Å². The predicted molar refractivity (Wildman–Crippen MR) is 181 cm³/mol. The van der Waals surface area contributed by atoms with Crippen LogP contribution in [-0.4, -0.2) is 60.5 Å². The van der Waals surface area contributed by atoms with Gasteiger partial charge in [0.2, 0.25) is 11.7 Å². The standard InChI is InChI=1S/C32H31Cl2N9O4/c1-20-38-32(42(45)46)27(41(20)2)17-43(3,4)12-6-9-30(44)40-29-15-24-26(16-35-29)36-19-37-31(24)39-23-10-11-28(25(34)14-23)47-18-21-7-5-8-22(33)13-21/h5-11,13-16,19H,12,17-18H2,1-4H3,(H-,35,36,37,39,40,44)/p+1/b9-6+. The number of halogens is 2. The van der Waals surface area contributed by atoms with Crippen LogP contribution in [0.2, 0.25) is 10.0 Å². The van der Waals surface area contributed by atoms with Crippen molar-refractivity contribution < 1.29 is 18.9 Å². The minimum atomic E-state index is -0.473. The molecule has 0 radical (unpaired) electrons. The average molecular weight is 678 g/mol. The summed E-state index contributed by atoms with van der Waals surface area (Å²) in [5, 5.41) is 19.2. The van der Waals surface area contributed by atoms with Crippen LogP contribution in [0.15, 0.2) is 73.2 Å². The summed E-state index contributed by atoms with van der Waals surface area (Å²) in [6.45, 7) is 2.83. The fourth-order valence-electron chi connectivity index (χ4n) is 4.79. The van der Waals surface area contributed by atoms with Gasteiger partial charge in [-0.25, -0.2) is 15.0 Å². The number of pyridine rings is 1. The highest BCUT2D eigenvalue weighted by Gasteiger charge is 2.29. The van der Waals surface area contributed by atoms with Crippen LogP contribution in [0.25, 0.3) is 10.9 Å².